The molecule has 0 radical (unpaired) electrons. The van der Waals surface area contributed by atoms with E-state index in [1.807, 2.05) is 0 Å². The van der Waals surface area contributed by atoms with Gasteiger partial charge in [0.25, 0.3) is 5.91 Å². The molecule has 0 spiro atoms. The number of carbonyl (C=O) groups excluding carboxylic acids is 1. The summed E-state index contributed by atoms with van der Waals surface area (Å²) in [6, 6.07) is 6.60. The molecule has 0 aliphatic rings. The monoisotopic (exact) mass is 303 g/mol. The first kappa shape index (κ1) is 12.8. The molecule has 2 aromatic rings. The number of hydrogen-bond donors (Lipinski definition) is 2. The van der Waals surface area contributed by atoms with Crippen LogP contribution in [0.1, 0.15) is 9.67 Å². The van der Waals surface area contributed by atoms with Crippen LogP contribution in [0, 0.1) is 0 Å². The van der Waals surface area contributed by atoms with Crippen LogP contribution in [0.4, 0.5) is 5.69 Å². The van der Waals surface area contributed by atoms with Crippen molar-refractivity contribution in [1.29, 1.82) is 0 Å². The van der Waals surface area contributed by atoms with E-state index < -0.39 is 0 Å². The Balaban J connectivity index is 2.21. The topological polar surface area (TPSA) is 29.1 Å². The maximum Gasteiger partial charge on any atom is 0.265 e. The molecule has 0 fully saturated rings. The molecule has 88 valence electrons. The van der Waals surface area contributed by atoms with Gasteiger partial charge in [-0.25, -0.2) is 0 Å². The minimum absolute atomic E-state index is 0.223. The van der Waals surface area contributed by atoms with E-state index in [2.05, 4.69) is 17.9 Å². The molecule has 1 aromatic heterocycles. The van der Waals surface area contributed by atoms with Crippen LogP contribution in [0.2, 0.25) is 10.0 Å². The van der Waals surface area contributed by atoms with Gasteiger partial charge in [0.15, 0.2) is 0 Å². The number of rotatable bonds is 2. The molecule has 1 amide bonds. The fourth-order valence-electron chi connectivity index (χ4n) is 1.22. The lowest BCUT2D eigenvalue weighted by Gasteiger charge is -2.06. The number of hydrogen-bond acceptors (Lipinski definition) is 3. The summed E-state index contributed by atoms with van der Waals surface area (Å²) in [4.78, 5) is 13.2. The van der Waals surface area contributed by atoms with Crippen molar-refractivity contribution in [2.24, 2.45) is 0 Å². The lowest BCUT2D eigenvalue weighted by Crippen LogP contribution is -2.10. The number of thiol groups is 1. The van der Waals surface area contributed by atoms with E-state index >= 15 is 0 Å². The van der Waals surface area contributed by atoms with Crippen molar-refractivity contribution < 1.29 is 4.79 Å². The Bertz CT molecular complexity index is 568. The van der Waals surface area contributed by atoms with Gasteiger partial charge in [0.2, 0.25) is 0 Å². The normalized spacial score (nSPS) is 10.3. The number of thiophene rings is 1. The quantitative estimate of drug-likeness (QED) is 0.780. The second-order valence-electron chi connectivity index (χ2n) is 3.25. The summed E-state index contributed by atoms with van der Waals surface area (Å²) in [5, 5.41) is 5.46. The second-order valence-corrected chi connectivity index (χ2v) is 5.52. The Morgan fingerprint density at radius 3 is 2.71 bits per heavy atom. The van der Waals surface area contributed by atoms with Gasteiger partial charge in [0.05, 0.1) is 15.6 Å². The molecule has 6 heteroatoms. The third kappa shape index (κ3) is 3.16. The molecule has 0 aliphatic carbocycles. The summed E-state index contributed by atoms with van der Waals surface area (Å²) in [5.74, 6) is -0.223. The zero-order valence-electron chi connectivity index (χ0n) is 8.41. The number of benzene rings is 1. The molecule has 17 heavy (non-hydrogen) atoms. The van der Waals surface area contributed by atoms with Crippen LogP contribution in [0.15, 0.2) is 34.5 Å². The third-order valence-corrected chi connectivity index (χ3v) is 3.91. The molecular weight excluding hydrogens is 297 g/mol. The summed E-state index contributed by atoms with van der Waals surface area (Å²) in [6.45, 7) is 0. The molecule has 0 aliphatic heterocycles. The summed E-state index contributed by atoms with van der Waals surface area (Å²) in [6.07, 6.45) is 0. The summed E-state index contributed by atoms with van der Waals surface area (Å²) >= 11 is 17.2. The average Bonchev–Trinajstić information content (AvgIpc) is 2.70. The van der Waals surface area contributed by atoms with Gasteiger partial charge in [-0.2, -0.15) is 0 Å². The van der Waals surface area contributed by atoms with Gasteiger partial charge in [-0.1, -0.05) is 23.2 Å². The number of nitrogens with one attached hydrogen (secondary N) is 1. The standard InChI is InChI=1S/C11H7Cl2NOS2/c12-6-1-2-8(13)9(3-6)14-11(15)10-4-7(16)5-17-10/h1-5,16H,(H,14,15). The highest BCUT2D eigenvalue weighted by Crippen LogP contribution is 2.27. The first-order chi connectivity index (χ1) is 8.06. The molecule has 0 unspecified atom stereocenters. The summed E-state index contributed by atoms with van der Waals surface area (Å²) < 4.78 is 0. The van der Waals surface area contributed by atoms with Crippen LogP contribution >= 0.6 is 47.2 Å². The minimum Gasteiger partial charge on any atom is -0.320 e. The van der Waals surface area contributed by atoms with Crippen LogP contribution in [-0.4, -0.2) is 5.91 Å². The fourth-order valence-corrected chi connectivity index (χ4v) is 2.60. The number of amides is 1. The molecule has 0 saturated carbocycles. The lowest BCUT2D eigenvalue weighted by atomic mass is 10.3. The molecular formula is C11H7Cl2NOS2. The highest BCUT2D eigenvalue weighted by molar-refractivity contribution is 7.80. The summed E-state index contributed by atoms with van der Waals surface area (Å²) in [5.41, 5.74) is 0.498. The maximum atomic E-state index is 11.9. The van der Waals surface area contributed by atoms with E-state index in [9.17, 15) is 4.79 Å². The Morgan fingerprint density at radius 2 is 2.06 bits per heavy atom. The van der Waals surface area contributed by atoms with Crippen molar-refractivity contribution in [2.75, 3.05) is 5.32 Å². The van der Waals surface area contributed by atoms with Crippen molar-refractivity contribution in [3.05, 3.63) is 44.6 Å². The van der Waals surface area contributed by atoms with E-state index in [1.54, 1.807) is 29.6 Å². The molecule has 2 rings (SSSR count). The zero-order valence-corrected chi connectivity index (χ0v) is 11.6. The molecule has 2 nitrogen and oxygen atoms in total. The molecule has 0 saturated heterocycles. The van der Waals surface area contributed by atoms with Gasteiger partial charge in [0.1, 0.15) is 0 Å². The van der Waals surface area contributed by atoms with Crippen molar-refractivity contribution in [2.45, 2.75) is 4.90 Å². The van der Waals surface area contributed by atoms with Crippen LogP contribution in [0.3, 0.4) is 0 Å². The number of carbonyl (C=O) groups is 1. The number of halogens is 2. The first-order valence-corrected chi connectivity index (χ1v) is 6.68. The van der Waals surface area contributed by atoms with Crippen molar-refractivity contribution in [1.82, 2.24) is 0 Å². The summed E-state index contributed by atoms with van der Waals surface area (Å²) in [7, 11) is 0. The van der Waals surface area contributed by atoms with Crippen molar-refractivity contribution >= 4 is 58.8 Å². The van der Waals surface area contributed by atoms with Gasteiger partial charge >= 0.3 is 0 Å². The second kappa shape index (κ2) is 5.31. The van der Waals surface area contributed by atoms with Gasteiger partial charge < -0.3 is 5.32 Å². The smallest absolute Gasteiger partial charge is 0.265 e. The molecule has 1 aromatic carbocycles. The lowest BCUT2D eigenvalue weighted by molar-refractivity contribution is 0.103. The van der Waals surface area contributed by atoms with Gasteiger partial charge in [-0.15, -0.1) is 24.0 Å². The van der Waals surface area contributed by atoms with Gasteiger partial charge in [0, 0.05) is 15.3 Å². The Labute approximate surface area is 118 Å². The molecule has 0 atom stereocenters. The van der Waals surface area contributed by atoms with Gasteiger partial charge in [-0.3, -0.25) is 4.79 Å². The van der Waals surface area contributed by atoms with E-state index in [4.69, 9.17) is 23.2 Å². The SMILES string of the molecule is O=C(Nc1cc(Cl)ccc1Cl)c1cc(S)cs1. The molecule has 0 bridgehead atoms. The fraction of sp³-hybridized carbons (Fsp3) is 0. The molecule has 1 heterocycles. The van der Waals surface area contributed by atoms with E-state index in [1.165, 1.54) is 11.3 Å². The molecule has 1 N–H and O–H groups in total. The predicted molar refractivity (Wildman–Crippen MR) is 76.0 cm³/mol. The average molecular weight is 304 g/mol. The Kier molecular flexibility index (Phi) is 3.99. The minimum atomic E-state index is -0.223. The van der Waals surface area contributed by atoms with Crippen LogP contribution in [0.5, 0.6) is 0 Å². The Hall–Kier alpha value is -0.680. The van der Waals surface area contributed by atoms with Crippen molar-refractivity contribution in [3.63, 3.8) is 0 Å². The van der Waals surface area contributed by atoms with Crippen LogP contribution < -0.4 is 5.32 Å². The zero-order chi connectivity index (χ0) is 12.4. The number of anilines is 1. The van der Waals surface area contributed by atoms with E-state index in [0.29, 0.717) is 20.6 Å². The van der Waals surface area contributed by atoms with Gasteiger partial charge in [-0.05, 0) is 24.3 Å². The highest BCUT2D eigenvalue weighted by atomic mass is 35.5. The predicted octanol–water partition coefficient (Wildman–Crippen LogP) is 4.60. The first-order valence-electron chi connectivity index (χ1n) is 4.60. The third-order valence-electron chi connectivity index (χ3n) is 1.99. The Morgan fingerprint density at radius 1 is 1.29 bits per heavy atom. The van der Waals surface area contributed by atoms with E-state index in [0.717, 1.165) is 4.90 Å². The van der Waals surface area contributed by atoms with E-state index in [-0.39, 0.29) is 5.91 Å². The maximum absolute atomic E-state index is 11.9. The highest BCUT2D eigenvalue weighted by Gasteiger charge is 2.10. The van der Waals surface area contributed by atoms with Crippen LogP contribution in [-0.2, 0) is 0 Å². The largest absolute Gasteiger partial charge is 0.320 e. The van der Waals surface area contributed by atoms with Crippen molar-refractivity contribution in [3.8, 4) is 0 Å². The van der Waals surface area contributed by atoms with Crippen LogP contribution in [0.25, 0.3) is 0 Å².